The van der Waals surface area contributed by atoms with E-state index < -0.39 is 10.0 Å². The van der Waals surface area contributed by atoms with Crippen molar-refractivity contribution in [2.45, 2.75) is 4.90 Å². The highest BCUT2D eigenvalue weighted by molar-refractivity contribution is 7.92. The van der Waals surface area contributed by atoms with Crippen LogP contribution in [-0.2, 0) is 10.0 Å². The molecular formula is C10H6Cl3N3O2S. The van der Waals surface area contributed by atoms with E-state index >= 15 is 0 Å². The fourth-order valence-electron chi connectivity index (χ4n) is 1.24. The minimum atomic E-state index is -3.89. The Kier molecular flexibility index (Phi) is 4.15. The molecule has 0 fully saturated rings. The van der Waals surface area contributed by atoms with Gasteiger partial charge in [-0.05, 0) is 18.2 Å². The van der Waals surface area contributed by atoms with Crippen LogP contribution >= 0.6 is 34.8 Å². The number of benzene rings is 1. The van der Waals surface area contributed by atoms with E-state index in [0.717, 1.165) is 0 Å². The molecule has 5 nitrogen and oxygen atoms in total. The third kappa shape index (κ3) is 3.48. The number of nitrogens with zero attached hydrogens (tertiary/aromatic N) is 2. The highest BCUT2D eigenvalue weighted by Crippen LogP contribution is 2.26. The molecule has 0 atom stereocenters. The maximum Gasteiger partial charge on any atom is 0.264 e. The van der Waals surface area contributed by atoms with Crippen molar-refractivity contribution < 1.29 is 8.42 Å². The molecule has 0 spiro atoms. The van der Waals surface area contributed by atoms with Gasteiger partial charge >= 0.3 is 0 Å². The van der Waals surface area contributed by atoms with Crippen LogP contribution in [0.5, 0.6) is 0 Å². The van der Waals surface area contributed by atoms with E-state index in [-0.39, 0.29) is 25.9 Å². The molecule has 1 heterocycles. The Morgan fingerprint density at radius 1 is 1.05 bits per heavy atom. The van der Waals surface area contributed by atoms with Crippen LogP contribution in [0.4, 0.5) is 5.82 Å². The summed E-state index contributed by atoms with van der Waals surface area (Å²) in [5.41, 5.74) is 0. The number of hydrogen-bond donors (Lipinski definition) is 1. The summed E-state index contributed by atoms with van der Waals surface area (Å²) in [5, 5.41) is 0.467. The van der Waals surface area contributed by atoms with Gasteiger partial charge in [0.05, 0.1) is 17.4 Å². The Hall–Kier alpha value is -1.08. The zero-order chi connectivity index (χ0) is 14.0. The summed E-state index contributed by atoms with van der Waals surface area (Å²) in [6.07, 6.45) is 2.41. The molecule has 1 N–H and O–H groups in total. The van der Waals surface area contributed by atoms with Crippen molar-refractivity contribution in [3.05, 3.63) is 45.8 Å². The van der Waals surface area contributed by atoms with Crippen LogP contribution in [0, 0.1) is 0 Å². The van der Waals surface area contributed by atoms with E-state index in [4.69, 9.17) is 34.8 Å². The molecule has 0 radical (unpaired) electrons. The molecule has 19 heavy (non-hydrogen) atoms. The molecule has 1 aromatic carbocycles. The van der Waals surface area contributed by atoms with Crippen LogP contribution in [0.2, 0.25) is 15.2 Å². The Morgan fingerprint density at radius 2 is 1.79 bits per heavy atom. The summed E-state index contributed by atoms with van der Waals surface area (Å²) < 4.78 is 26.4. The first-order valence-electron chi connectivity index (χ1n) is 4.84. The fraction of sp³-hybridized carbons (Fsp3) is 0. The Morgan fingerprint density at radius 3 is 2.42 bits per heavy atom. The van der Waals surface area contributed by atoms with Crippen LogP contribution in [-0.4, -0.2) is 18.4 Å². The van der Waals surface area contributed by atoms with Crippen LogP contribution in [0.3, 0.4) is 0 Å². The monoisotopic (exact) mass is 337 g/mol. The average Bonchev–Trinajstić information content (AvgIpc) is 2.35. The van der Waals surface area contributed by atoms with Crippen molar-refractivity contribution in [2.24, 2.45) is 0 Å². The summed E-state index contributed by atoms with van der Waals surface area (Å²) >= 11 is 17.1. The number of anilines is 1. The molecule has 0 aliphatic heterocycles. The number of hydrogen-bond acceptors (Lipinski definition) is 4. The summed E-state index contributed by atoms with van der Waals surface area (Å²) in [4.78, 5) is 7.35. The van der Waals surface area contributed by atoms with E-state index in [2.05, 4.69) is 14.7 Å². The first-order chi connectivity index (χ1) is 8.88. The molecule has 2 aromatic rings. The summed E-state index contributed by atoms with van der Waals surface area (Å²) in [6, 6.07) is 4.13. The molecule has 0 amide bonds. The predicted molar refractivity (Wildman–Crippen MR) is 74.3 cm³/mol. The molecule has 0 unspecified atom stereocenters. The lowest BCUT2D eigenvalue weighted by Crippen LogP contribution is -2.14. The maximum absolute atomic E-state index is 12.1. The number of aromatic nitrogens is 2. The van der Waals surface area contributed by atoms with Crippen LogP contribution < -0.4 is 4.72 Å². The van der Waals surface area contributed by atoms with Gasteiger partial charge < -0.3 is 0 Å². The molecule has 0 saturated carbocycles. The number of sulfonamides is 1. The van der Waals surface area contributed by atoms with E-state index in [1.54, 1.807) is 0 Å². The van der Waals surface area contributed by atoms with Gasteiger partial charge in [-0.15, -0.1) is 0 Å². The second-order valence-electron chi connectivity index (χ2n) is 3.40. The van der Waals surface area contributed by atoms with E-state index in [1.807, 2.05) is 0 Å². The van der Waals surface area contributed by atoms with E-state index in [0.29, 0.717) is 0 Å². The van der Waals surface area contributed by atoms with Crippen molar-refractivity contribution in [1.82, 2.24) is 9.97 Å². The number of nitrogens with one attached hydrogen (secondary N) is 1. The van der Waals surface area contributed by atoms with Crippen molar-refractivity contribution in [3.63, 3.8) is 0 Å². The first-order valence-corrected chi connectivity index (χ1v) is 7.45. The summed E-state index contributed by atoms with van der Waals surface area (Å²) in [5.74, 6) is 0.0282. The topological polar surface area (TPSA) is 72.0 Å². The molecule has 0 aliphatic carbocycles. The minimum absolute atomic E-state index is 0.0282. The zero-order valence-corrected chi connectivity index (χ0v) is 12.2. The zero-order valence-electron chi connectivity index (χ0n) is 9.14. The van der Waals surface area contributed by atoms with Gasteiger partial charge in [0.15, 0.2) is 5.82 Å². The molecule has 0 bridgehead atoms. The fourth-order valence-corrected chi connectivity index (χ4v) is 3.09. The molecule has 0 aliphatic rings. The third-order valence-electron chi connectivity index (χ3n) is 2.04. The quantitative estimate of drug-likeness (QED) is 0.932. The maximum atomic E-state index is 12.1. The van der Waals surface area contributed by atoms with Crippen molar-refractivity contribution in [1.29, 1.82) is 0 Å². The highest BCUT2D eigenvalue weighted by atomic mass is 35.5. The predicted octanol–water partition coefficient (Wildman–Crippen LogP) is 3.24. The van der Waals surface area contributed by atoms with E-state index in [9.17, 15) is 8.42 Å². The standard InChI is InChI=1S/C10H6Cl3N3O2S/c11-6-1-2-7(12)8(3-6)19(17,18)16-10-5-14-9(13)4-15-10/h1-5H,(H,15,16). The van der Waals surface area contributed by atoms with Gasteiger partial charge in [0, 0.05) is 5.02 Å². The normalized spacial score (nSPS) is 11.3. The third-order valence-corrected chi connectivity index (χ3v) is 4.31. The molecule has 100 valence electrons. The van der Waals surface area contributed by atoms with Gasteiger partial charge in [-0.3, -0.25) is 4.72 Å². The van der Waals surface area contributed by atoms with Crippen LogP contribution in [0.25, 0.3) is 0 Å². The Labute approximate surface area is 124 Å². The SMILES string of the molecule is O=S(=O)(Nc1cnc(Cl)cn1)c1cc(Cl)ccc1Cl. The second kappa shape index (κ2) is 5.50. The summed E-state index contributed by atoms with van der Waals surface area (Å²) in [7, 11) is -3.89. The minimum Gasteiger partial charge on any atom is -0.262 e. The summed E-state index contributed by atoms with van der Waals surface area (Å²) in [6.45, 7) is 0. The van der Waals surface area contributed by atoms with Crippen molar-refractivity contribution in [2.75, 3.05) is 4.72 Å². The lowest BCUT2D eigenvalue weighted by Gasteiger charge is -2.08. The van der Waals surface area contributed by atoms with Gasteiger partial charge in [0.25, 0.3) is 10.0 Å². The van der Waals surface area contributed by atoms with Crippen molar-refractivity contribution >= 4 is 50.6 Å². The van der Waals surface area contributed by atoms with Crippen LogP contribution in [0.15, 0.2) is 35.5 Å². The highest BCUT2D eigenvalue weighted by Gasteiger charge is 2.19. The van der Waals surface area contributed by atoms with Crippen molar-refractivity contribution in [3.8, 4) is 0 Å². The molecule has 9 heteroatoms. The van der Waals surface area contributed by atoms with E-state index in [1.165, 1.54) is 30.6 Å². The lowest BCUT2D eigenvalue weighted by atomic mass is 10.4. The smallest absolute Gasteiger partial charge is 0.262 e. The molecule has 1 aromatic heterocycles. The van der Waals surface area contributed by atoms with Gasteiger partial charge in [0.2, 0.25) is 0 Å². The average molecular weight is 339 g/mol. The first kappa shape index (κ1) is 14.3. The largest absolute Gasteiger partial charge is 0.264 e. The second-order valence-corrected chi connectivity index (χ2v) is 6.29. The lowest BCUT2D eigenvalue weighted by molar-refractivity contribution is 0.601. The molecule has 2 rings (SSSR count). The number of halogens is 3. The van der Waals surface area contributed by atoms with Gasteiger partial charge in [-0.1, -0.05) is 34.8 Å². The van der Waals surface area contributed by atoms with Gasteiger partial charge in [-0.25, -0.2) is 18.4 Å². The Bertz CT molecular complexity index is 704. The molecular weight excluding hydrogens is 333 g/mol. The Balaban J connectivity index is 2.37. The number of rotatable bonds is 3. The molecule has 0 saturated heterocycles. The van der Waals surface area contributed by atoms with Crippen LogP contribution in [0.1, 0.15) is 0 Å². The van der Waals surface area contributed by atoms with Gasteiger partial charge in [0.1, 0.15) is 10.0 Å². The van der Waals surface area contributed by atoms with Gasteiger partial charge in [-0.2, -0.15) is 0 Å².